The Morgan fingerprint density at radius 1 is 1.12 bits per heavy atom. The summed E-state index contributed by atoms with van der Waals surface area (Å²) >= 11 is 0. The van der Waals surface area contributed by atoms with Gasteiger partial charge in [-0.3, -0.25) is 9.63 Å². The highest BCUT2D eigenvalue weighted by atomic mass is 16.7. The third kappa shape index (κ3) is 5.30. The molecule has 0 aromatic heterocycles. The molecule has 2 aromatic carbocycles. The second kappa shape index (κ2) is 9.18. The molecule has 0 aliphatic heterocycles. The van der Waals surface area contributed by atoms with Crippen LogP contribution < -0.4 is 15.0 Å². The number of rotatable bonds is 8. The van der Waals surface area contributed by atoms with Crippen molar-refractivity contribution in [1.29, 1.82) is 5.26 Å². The molecule has 2 rings (SSSR count). The lowest BCUT2D eigenvalue weighted by Crippen LogP contribution is -2.29. The van der Waals surface area contributed by atoms with Crippen molar-refractivity contribution in [2.75, 3.05) is 13.2 Å². The zero-order chi connectivity index (χ0) is 17.2. The number of hydroxylamine groups is 1. The minimum Gasteiger partial charge on any atom is -0.490 e. The van der Waals surface area contributed by atoms with Crippen molar-refractivity contribution in [3.63, 3.8) is 0 Å². The van der Waals surface area contributed by atoms with Crippen molar-refractivity contribution < 1.29 is 19.1 Å². The molecule has 0 aliphatic carbocycles. The number of hydrogen-bond acceptors (Lipinski definition) is 5. The first-order valence-electron chi connectivity index (χ1n) is 7.47. The minimum atomic E-state index is -0.419. The summed E-state index contributed by atoms with van der Waals surface area (Å²) in [7, 11) is 0. The van der Waals surface area contributed by atoms with Crippen LogP contribution in [-0.2, 0) is 16.2 Å². The van der Waals surface area contributed by atoms with Gasteiger partial charge in [0.15, 0.2) is 18.1 Å². The van der Waals surface area contributed by atoms with Crippen LogP contribution in [0.5, 0.6) is 11.5 Å². The Balaban J connectivity index is 1.82. The molecule has 1 amide bonds. The van der Waals surface area contributed by atoms with Crippen LogP contribution >= 0.6 is 0 Å². The molecule has 0 heterocycles. The number of nitrogens with one attached hydrogen (secondary N) is 1. The van der Waals surface area contributed by atoms with Crippen LogP contribution in [-0.4, -0.2) is 19.1 Å². The Hall–Kier alpha value is -3.04. The number of ether oxygens (including phenoxy) is 2. The topological polar surface area (TPSA) is 80.6 Å². The van der Waals surface area contributed by atoms with Gasteiger partial charge in [0, 0.05) is 6.07 Å². The quantitative estimate of drug-likeness (QED) is 0.754. The summed E-state index contributed by atoms with van der Waals surface area (Å²) in [6, 6.07) is 16.3. The number of carbonyl (C=O) groups is 1. The number of amides is 1. The van der Waals surface area contributed by atoms with Crippen LogP contribution in [0.25, 0.3) is 0 Å². The van der Waals surface area contributed by atoms with Crippen LogP contribution in [0, 0.1) is 11.3 Å². The van der Waals surface area contributed by atoms with Gasteiger partial charge in [-0.2, -0.15) is 5.26 Å². The Labute approximate surface area is 140 Å². The summed E-state index contributed by atoms with van der Waals surface area (Å²) in [4.78, 5) is 16.9. The molecule has 0 unspecified atom stereocenters. The normalized spacial score (nSPS) is 9.83. The van der Waals surface area contributed by atoms with Crippen LogP contribution in [0.3, 0.4) is 0 Å². The second-order valence-corrected chi connectivity index (χ2v) is 4.79. The summed E-state index contributed by atoms with van der Waals surface area (Å²) in [6.45, 7) is 2.30. The van der Waals surface area contributed by atoms with Crippen molar-refractivity contribution in [3.05, 3.63) is 59.7 Å². The van der Waals surface area contributed by atoms with E-state index in [1.165, 1.54) is 0 Å². The summed E-state index contributed by atoms with van der Waals surface area (Å²) in [5.74, 6) is 0.404. The predicted molar refractivity (Wildman–Crippen MR) is 87.2 cm³/mol. The van der Waals surface area contributed by atoms with E-state index in [1.54, 1.807) is 18.2 Å². The average Bonchev–Trinajstić information content (AvgIpc) is 2.61. The highest BCUT2D eigenvalue weighted by molar-refractivity contribution is 5.76. The fraction of sp³-hybridized carbons (Fsp3) is 0.222. The number of nitriles is 1. The Kier molecular flexibility index (Phi) is 6.62. The average molecular weight is 326 g/mol. The molecule has 0 saturated carbocycles. The zero-order valence-electron chi connectivity index (χ0n) is 13.3. The van der Waals surface area contributed by atoms with Crippen molar-refractivity contribution in [3.8, 4) is 17.6 Å². The highest BCUT2D eigenvalue weighted by Crippen LogP contribution is 2.28. The van der Waals surface area contributed by atoms with Crippen LogP contribution in [0.4, 0.5) is 0 Å². The third-order valence-corrected chi connectivity index (χ3v) is 3.00. The first kappa shape index (κ1) is 17.3. The van der Waals surface area contributed by atoms with E-state index >= 15 is 0 Å². The number of benzene rings is 2. The monoisotopic (exact) mass is 326 g/mol. The molecule has 6 heteroatoms. The summed E-state index contributed by atoms with van der Waals surface area (Å²) in [6.07, 6.45) is 0. The van der Waals surface area contributed by atoms with Gasteiger partial charge in [0.25, 0.3) is 5.91 Å². The number of nitrogens with zero attached hydrogens (tertiary/aromatic N) is 1. The lowest BCUT2D eigenvalue weighted by molar-refractivity contribution is -0.136. The smallest absolute Gasteiger partial charge is 0.281 e. The first-order valence-corrected chi connectivity index (χ1v) is 7.47. The zero-order valence-corrected chi connectivity index (χ0v) is 13.3. The van der Waals surface area contributed by atoms with Gasteiger partial charge in [-0.05, 0) is 24.6 Å². The van der Waals surface area contributed by atoms with E-state index in [2.05, 4.69) is 5.48 Å². The maximum absolute atomic E-state index is 11.7. The molecule has 0 atom stereocenters. The van der Waals surface area contributed by atoms with E-state index < -0.39 is 5.91 Å². The molecule has 0 saturated heterocycles. The molecule has 0 spiro atoms. The number of carbonyl (C=O) groups excluding carboxylic acids is 1. The first-order chi connectivity index (χ1) is 11.7. The summed E-state index contributed by atoms with van der Waals surface area (Å²) in [5, 5.41) is 8.90. The van der Waals surface area contributed by atoms with Crippen molar-refractivity contribution in [1.82, 2.24) is 5.48 Å². The maximum atomic E-state index is 11.7. The Morgan fingerprint density at radius 3 is 2.62 bits per heavy atom. The van der Waals surface area contributed by atoms with Gasteiger partial charge in [0.2, 0.25) is 0 Å². The van der Waals surface area contributed by atoms with Gasteiger partial charge in [0.05, 0.1) is 24.8 Å². The maximum Gasteiger partial charge on any atom is 0.281 e. The molecule has 24 heavy (non-hydrogen) atoms. The number of hydrogen-bond donors (Lipinski definition) is 1. The van der Waals surface area contributed by atoms with Crippen LogP contribution in [0.2, 0.25) is 0 Å². The van der Waals surface area contributed by atoms with E-state index in [9.17, 15) is 4.79 Å². The second-order valence-electron chi connectivity index (χ2n) is 4.79. The molecule has 0 bridgehead atoms. The molecular formula is C18H18N2O4. The molecular weight excluding hydrogens is 308 g/mol. The molecule has 6 nitrogen and oxygen atoms in total. The lowest BCUT2D eigenvalue weighted by Gasteiger charge is -2.12. The fourth-order valence-corrected chi connectivity index (χ4v) is 1.91. The molecule has 0 fully saturated rings. The molecule has 0 radical (unpaired) electrons. The van der Waals surface area contributed by atoms with Crippen molar-refractivity contribution in [2.45, 2.75) is 13.5 Å². The Bertz CT molecular complexity index is 711. The van der Waals surface area contributed by atoms with Gasteiger partial charge in [0.1, 0.15) is 0 Å². The SMILES string of the molecule is CCOc1cc(C#N)ccc1OCC(=O)NOCc1ccccc1. The third-order valence-electron chi connectivity index (χ3n) is 3.00. The highest BCUT2D eigenvalue weighted by Gasteiger charge is 2.09. The van der Waals surface area contributed by atoms with E-state index in [0.29, 0.717) is 23.7 Å². The molecule has 124 valence electrons. The van der Waals surface area contributed by atoms with Crippen molar-refractivity contribution in [2.24, 2.45) is 0 Å². The van der Waals surface area contributed by atoms with Crippen LogP contribution in [0.1, 0.15) is 18.1 Å². The molecule has 1 N–H and O–H groups in total. The summed E-state index contributed by atoms with van der Waals surface area (Å²) < 4.78 is 10.8. The van der Waals surface area contributed by atoms with Gasteiger partial charge >= 0.3 is 0 Å². The molecule has 0 aliphatic rings. The fourth-order valence-electron chi connectivity index (χ4n) is 1.91. The van der Waals surface area contributed by atoms with Crippen LogP contribution in [0.15, 0.2) is 48.5 Å². The van der Waals surface area contributed by atoms with Crippen molar-refractivity contribution >= 4 is 5.91 Å². The van der Waals surface area contributed by atoms with E-state index in [-0.39, 0.29) is 13.2 Å². The van der Waals surface area contributed by atoms with Gasteiger partial charge in [-0.1, -0.05) is 30.3 Å². The lowest BCUT2D eigenvalue weighted by atomic mass is 10.2. The van der Waals surface area contributed by atoms with Gasteiger partial charge < -0.3 is 9.47 Å². The largest absolute Gasteiger partial charge is 0.490 e. The minimum absolute atomic E-state index is 0.221. The molecule has 2 aromatic rings. The van der Waals surface area contributed by atoms with E-state index in [0.717, 1.165) is 5.56 Å². The summed E-state index contributed by atoms with van der Waals surface area (Å²) in [5.41, 5.74) is 3.73. The Morgan fingerprint density at radius 2 is 1.92 bits per heavy atom. The van der Waals surface area contributed by atoms with E-state index in [4.69, 9.17) is 19.6 Å². The van der Waals surface area contributed by atoms with E-state index in [1.807, 2.05) is 43.3 Å². The standard InChI is InChI=1S/C18H18N2O4/c1-2-22-17-10-15(11-19)8-9-16(17)23-13-18(21)20-24-12-14-6-4-3-5-7-14/h3-10H,2,12-13H2,1H3,(H,20,21). The van der Waals surface area contributed by atoms with Gasteiger partial charge in [-0.25, -0.2) is 5.48 Å². The van der Waals surface area contributed by atoms with Gasteiger partial charge in [-0.15, -0.1) is 0 Å². The predicted octanol–water partition coefficient (Wildman–Crippen LogP) is 2.58.